The van der Waals surface area contributed by atoms with Crippen molar-refractivity contribution < 1.29 is 0 Å². The Balaban J connectivity index is 1.72. The molecule has 1 aliphatic rings. The Morgan fingerprint density at radius 3 is 2.73 bits per heavy atom. The fourth-order valence-corrected chi connectivity index (χ4v) is 2.98. The minimum atomic E-state index is 0.227. The van der Waals surface area contributed by atoms with Crippen molar-refractivity contribution in [3.05, 3.63) is 40.5 Å². The van der Waals surface area contributed by atoms with E-state index in [-0.39, 0.29) is 5.96 Å². The lowest BCUT2D eigenvalue weighted by molar-refractivity contribution is 0.478. The van der Waals surface area contributed by atoms with E-state index >= 15 is 0 Å². The normalized spacial score (nSPS) is 15.7. The van der Waals surface area contributed by atoms with E-state index in [4.69, 9.17) is 17.3 Å². The van der Waals surface area contributed by atoms with Gasteiger partial charge in [0, 0.05) is 28.5 Å². The summed E-state index contributed by atoms with van der Waals surface area (Å²) in [4.78, 5) is 13.1. The quantitative estimate of drug-likeness (QED) is 0.485. The zero-order chi connectivity index (χ0) is 18.5. The molecule has 7 nitrogen and oxygen atoms in total. The van der Waals surface area contributed by atoms with Gasteiger partial charge in [-0.2, -0.15) is 9.98 Å². The summed E-state index contributed by atoms with van der Waals surface area (Å²) in [5, 5.41) is 10.6. The van der Waals surface area contributed by atoms with Crippen LogP contribution < -0.4 is 21.7 Å². The maximum Gasteiger partial charge on any atom is 0.254 e. The van der Waals surface area contributed by atoms with Crippen molar-refractivity contribution in [2.75, 3.05) is 23.7 Å². The molecule has 1 saturated heterocycles. The predicted molar refractivity (Wildman–Crippen MR) is 107 cm³/mol. The zero-order valence-corrected chi connectivity index (χ0v) is 15.8. The van der Waals surface area contributed by atoms with E-state index < -0.39 is 0 Å². The van der Waals surface area contributed by atoms with Gasteiger partial charge in [-0.15, -0.1) is 0 Å². The second-order valence-corrected chi connectivity index (χ2v) is 6.86. The molecule has 0 saturated carbocycles. The lowest BCUT2D eigenvalue weighted by Crippen LogP contribution is -2.35. The summed E-state index contributed by atoms with van der Waals surface area (Å²) in [5.41, 5.74) is 8.62. The number of nitrogens with zero attached hydrogens (tertiary/aromatic N) is 3. The van der Waals surface area contributed by atoms with Gasteiger partial charge in [-0.1, -0.05) is 11.6 Å². The van der Waals surface area contributed by atoms with Gasteiger partial charge < -0.3 is 21.7 Å². The van der Waals surface area contributed by atoms with Gasteiger partial charge in [0.05, 0.1) is 0 Å². The molecule has 2 aromatic rings. The molecule has 1 fully saturated rings. The van der Waals surface area contributed by atoms with Crippen LogP contribution in [0, 0.1) is 13.8 Å². The van der Waals surface area contributed by atoms with Crippen LogP contribution in [0.15, 0.2) is 29.3 Å². The van der Waals surface area contributed by atoms with Crippen LogP contribution in [0.5, 0.6) is 0 Å². The Labute approximate surface area is 158 Å². The molecule has 5 N–H and O–H groups in total. The maximum absolute atomic E-state index is 6.04. The summed E-state index contributed by atoms with van der Waals surface area (Å²) in [6.45, 7) is 5.89. The van der Waals surface area contributed by atoms with E-state index in [1.54, 1.807) is 0 Å². The summed E-state index contributed by atoms with van der Waals surface area (Å²) in [7, 11) is 0. The Hall–Kier alpha value is -2.38. The highest BCUT2D eigenvalue weighted by Crippen LogP contribution is 2.20. The third-order valence-corrected chi connectivity index (χ3v) is 4.61. The number of aliphatic imine (C=N–C) groups is 1. The Morgan fingerprint density at radius 1 is 1.23 bits per heavy atom. The Kier molecular flexibility index (Phi) is 5.90. The van der Waals surface area contributed by atoms with E-state index in [9.17, 15) is 0 Å². The largest absolute Gasteiger partial charge is 0.369 e. The third-order valence-electron chi connectivity index (χ3n) is 4.18. The van der Waals surface area contributed by atoms with Gasteiger partial charge in [-0.3, -0.25) is 0 Å². The first-order chi connectivity index (χ1) is 12.5. The van der Waals surface area contributed by atoms with Crippen molar-refractivity contribution >= 4 is 35.0 Å². The third kappa shape index (κ3) is 5.06. The Bertz CT molecular complexity index is 800. The van der Waals surface area contributed by atoms with Gasteiger partial charge in [0.1, 0.15) is 5.82 Å². The van der Waals surface area contributed by atoms with Gasteiger partial charge >= 0.3 is 0 Å². The highest BCUT2D eigenvalue weighted by atomic mass is 35.5. The number of aryl methyl sites for hydroxylation is 2. The van der Waals surface area contributed by atoms with Crippen LogP contribution in [0.3, 0.4) is 0 Å². The zero-order valence-electron chi connectivity index (χ0n) is 15.0. The fourth-order valence-electron chi connectivity index (χ4n) is 2.86. The number of aromatic nitrogens is 2. The molecule has 0 amide bonds. The number of benzene rings is 1. The molecule has 0 aliphatic carbocycles. The number of hydrogen-bond acceptors (Lipinski definition) is 5. The molecule has 3 rings (SSSR count). The second-order valence-electron chi connectivity index (χ2n) is 6.45. The van der Waals surface area contributed by atoms with E-state index in [0.29, 0.717) is 17.0 Å². The van der Waals surface area contributed by atoms with Crippen molar-refractivity contribution in [1.29, 1.82) is 0 Å². The minimum Gasteiger partial charge on any atom is -0.369 e. The molecule has 1 aromatic carbocycles. The molecule has 0 bridgehead atoms. The molecular formula is C18H24ClN7. The SMILES string of the molecule is Cc1cc(NC2CCNCC2)nc(N=C(N)Nc2ccc(Cl)c(C)c2)n1. The summed E-state index contributed by atoms with van der Waals surface area (Å²) >= 11 is 6.04. The van der Waals surface area contributed by atoms with Crippen molar-refractivity contribution in [3.63, 3.8) is 0 Å². The number of guanidine groups is 1. The van der Waals surface area contributed by atoms with Crippen LogP contribution in [-0.2, 0) is 0 Å². The number of hydrogen-bond donors (Lipinski definition) is 4. The molecular weight excluding hydrogens is 350 g/mol. The number of piperidine rings is 1. The number of anilines is 2. The molecule has 1 aliphatic heterocycles. The molecule has 26 heavy (non-hydrogen) atoms. The highest BCUT2D eigenvalue weighted by Gasteiger charge is 2.14. The predicted octanol–water partition coefficient (Wildman–Crippen LogP) is 2.97. The molecule has 0 atom stereocenters. The van der Waals surface area contributed by atoms with Crippen LogP contribution >= 0.6 is 11.6 Å². The van der Waals surface area contributed by atoms with Gasteiger partial charge in [0.25, 0.3) is 5.95 Å². The molecule has 2 heterocycles. The number of nitrogens with one attached hydrogen (secondary N) is 3. The first kappa shape index (κ1) is 18.4. The van der Waals surface area contributed by atoms with Crippen molar-refractivity contribution in [1.82, 2.24) is 15.3 Å². The monoisotopic (exact) mass is 373 g/mol. The van der Waals surface area contributed by atoms with Crippen LogP contribution in [0.2, 0.25) is 5.02 Å². The second kappa shape index (κ2) is 8.33. The molecule has 0 unspecified atom stereocenters. The minimum absolute atomic E-state index is 0.227. The van der Waals surface area contributed by atoms with Crippen LogP contribution in [0.1, 0.15) is 24.1 Å². The van der Waals surface area contributed by atoms with Crippen molar-refractivity contribution in [3.8, 4) is 0 Å². The summed E-state index contributed by atoms with van der Waals surface area (Å²) < 4.78 is 0. The molecule has 0 spiro atoms. The topological polar surface area (TPSA) is 100 Å². The van der Waals surface area contributed by atoms with E-state index in [0.717, 1.165) is 48.7 Å². The standard InChI is InChI=1S/C18H24ClN7/c1-11-9-14(3-4-15(11)19)24-17(20)26-18-22-12(2)10-16(25-18)23-13-5-7-21-8-6-13/h3-4,9-10,13,21H,5-8H2,1-2H3,(H4,20,22,23,24,25,26). The highest BCUT2D eigenvalue weighted by molar-refractivity contribution is 6.31. The summed E-state index contributed by atoms with van der Waals surface area (Å²) in [6.07, 6.45) is 2.14. The molecule has 138 valence electrons. The van der Waals surface area contributed by atoms with E-state index in [1.165, 1.54) is 0 Å². The first-order valence-electron chi connectivity index (χ1n) is 8.70. The van der Waals surface area contributed by atoms with E-state index in [1.807, 2.05) is 38.1 Å². The summed E-state index contributed by atoms with van der Waals surface area (Å²) in [6, 6.07) is 7.91. The van der Waals surface area contributed by atoms with Gasteiger partial charge in [-0.05, 0) is 63.5 Å². The first-order valence-corrected chi connectivity index (χ1v) is 9.07. The summed E-state index contributed by atoms with van der Waals surface area (Å²) in [5.74, 6) is 1.33. The molecule has 8 heteroatoms. The van der Waals surface area contributed by atoms with Crippen molar-refractivity contribution in [2.45, 2.75) is 32.7 Å². The van der Waals surface area contributed by atoms with Crippen LogP contribution in [0.25, 0.3) is 0 Å². The maximum atomic E-state index is 6.04. The van der Waals surface area contributed by atoms with Gasteiger partial charge in [0.2, 0.25) is 5.96 Å². The van der Waals surface area contributed by atoms with Gasteiger partial charge in [-0.25, -0.2) is 4.98 Å². The number of rotatable bonds is 4. The lowest BCUT2D eigenvalue weighted by Gasteiger charge is -2.24. The Morgan fingerprint density at radius 2 is 2.00 bits per heavy atom. The average molecular weight is 374 g/mol. The number of halogens is 1. The molecule has 0 radical (unpaired) electrons. The van der Waals surface area contributed by atoms with Crippen LogP contribution in [0.4, 0.5) is 17.5 Å². The van der Waals surface area contributed by atoms with Crippen molar-refractivity contribution in [2.24, 2.45) is 10.7 Å². The van der Waals surface area contributed by atoms with Crippen LogP contribution in [-0.4, -0.2) is 35.1 Å². The molecule has 1 aromatic heterocycles. The van der Waals surface area contributed by atoms with Gasteiger partial charge in [0.15, 0.2) is 0 Å². The average Bonchev–Trinajstić information content (AvgIpc) is 2.58. The fraction of sp³-hybridized carbons (Fsp3) is 0.389. The lowest BCUT2D eigenvalue weighted by atomic mass is 10.1. The number of nitrogens with two attached hydrogens (primary N) is 1. The van der Waals surface area contributed by atoms with E-state index in [2.05, 4.69) is 30.9 Å². The smallest absolute Gasteiger partial charge is 0.254 e.